The molecule has 106 valence electrons. The Balaban J connectivity index is 1.96. The van der Waals surface area contributed by atoms with Crippen LogP contribution in [0.15, 0.2) is 11.0 Å². The van der Waals surface area contributed by atoms with E-state index in [4.69, 9.17) is 11.6 Å². The molecule has 5 nitrogen and oxygen atoms in total. The van der Waals surface area contributed by atoms with Gasteiger partial charge in [-0.3, -0.25) is 4.79 Å². The molecule has 1 aliphatic carbocycles. The molecule has 1 heterocycles. The standard InChI is InChI=1S/C13H21ClN4O/c1-9(2)18-13(19)12(14)11(8-16-18)15-6-7-17(3)10-4-5-10/h8-10,15H,4-7H2,1-3H3. The smallest absolute Gasteiger partial charge is 0.287 e. The van der Waals surface area contributed by atoms with Crippen molar-refractivity contribution in [2.45, 2.75) is 38.8 Å². The molecule has 0 saturated heterocycles. The average molecular weight is 285 g/mol. The number of halogens is 1. The van der Waals surface area contributed by atoms with Gasteiger partial charge in [0, 0.05) is 19.1 Å². The van der Waals surface area contributed by atoms with Gasteiger partial charge in [-0.2, -0.15) is 5.10 Å². The Labute approximate surface area is 118 Å². The van der Waals surface area contributed by atoms with Crippen molar-refractivity contribution in [2.75, 3.05) is 25.5 Å². The summed E-state index contributed by atoms with van der Waals surface area (Å²) in [5.41, 5.74) is 0.380. The Morgan fingerprint density at radius 2 is 2.26 bits per heavy atom. The number of anilines is 1. The van der Waals surface area contributed by atoms with E-state index < -0.39 is 0 Å². The number of rotatable bonds is 6. The fourth-order valence-electron chi connectivity index (χ4n) is 2.00. The van der Waals surface area contributed by atoms with E-state index in [1.165, 1.54) is 17.5 Å². The molecule has 0 aliphatic heterocycles. The molecule has 0 spiro atoms. The van der Waals surface area contributed by atoms with Crippen molar-refractivity contribution in [3.8, 4) is 0 Å². The van der Waals surface area contributed by atoms with Crippen molar-refractivity contribution in [3.63, 3.8) is 0 Å². The van der Waals surface area contributed by atoms with Gasteiger partial charge >= 0.3 is 0 Å². The van der Waals surface area contributed by atoms with E-state index in [0.29, 0.717) is 5.69 Å². The lowest BCUT2D eigenvalue weighted by molar-refractivity contribution is 0.337. The van der Waals surface area contributed by atoms with Crippen molar-refractivity contribution in [2.24, 2.45) is 0 Å². The summed E-state index contributed by atoms with van der Waals surface area (Å²) in [7, 11) is 2.12. The van der Waals surface area contributed by atoms with Gasteiger partial charge in [-0.05, 0) is 33.7 Å². The maximum absolute atomic E-state index is 12.0. The second kappa shape index (κ2) is 5.92. The molecule has 19 heavy (non-hydrogen) atoms. The van der Waals surface area contributed by atoms with Crippen LogP contribution in [0, 0.1) is 0 Å². The zero-order valence-electron chi connectivity index (χ0n) is 11.7. The molecule has 0 aromatic carbocycles. The van der Waals surface area contributed by atoms with Gasteiger partial charge in [-0.1, -0.05) is 11.6 Å². The summed E-state index contributed by atoms with van der Waals surface area (Å²) in [6.07, 6.45) is 4.22. The van der Waals surface area contributed by atoms with Crippen LogP contribution in [0.1, 0.15) is 32.7 Å². The summed E-state index contributed by atoms with van der Waals surface area (Å²) in [4.78, 5) is 14.3. The van der Waals surface area contributed by atoms with Crippen molar-refractivity contribution in [1.29, 1.82) is 0 Å². The summed E-state index contributed by atoms with van der Waals surface area (Å²) >= 11 is 6.08. The van der Waals surface area contributed by atoms with Gasteiger partial charge in [-0.25, -0.2) is 4.68 Å². The van der Waals surface area contributed by atoms with Gasteiger partial charge in [0.1, 0.15) is 5.02 Å². The minimum atomic E-state index is -0.239. The van der Waals surface area contributed by atoms with Gasteiger partial charge in [0.2, 0.25) is 0 Å². The molecule has 0 atom stereocenters. The lowest BCUT2D eigenvalue weighted by Gasteiger charge is -2.17. The van der Waals surface area contributed by atoms with Crippen molar-refractivity contribution >= 4 is 17.3 Å². The Hall–Kier alpha value is -1.07. The number of hydrogen-bond donors (Lipinski definition) is 1. The molecular formula is C13H21ClN4O. The number of nitrogens with zero attached hydrogens (tertiary/aromatic N) is 3. The maximum Gasteiger partial charge on any atom is 0.287 e. The first-order valence-corrected chi connectivity index (χ1v) is 7.10. The van der Waals surface area contributed by atoms with Crippen molar-refractivity contribution < 1.29 is 0 Å². The highest BCUT2D eigenvalue weighted by Gasteiger charge is 2.25. The van der Waals surface area contributed by atoms with Crippen molar-refractivity contribution in [1.82, 2.24) is 14.7 Å². The molecular weight excluding hydrogens is 264 g/mol. The highest BCUT2D eigenvalue weighted by Crippen LogP contribution is 2.25. The van der Waals surface area contributed by atoms with Crippen LogP contribution in [-0.4, -0.2) is 40.9 Å². The van der Waals surface area contributed by atoms with Crippen LogP contribution < -0.4 is 10.9 Å². The molecule has 2 rings (SSSR count). The van der Waals surface area contributed by atoms with Gasteiger partial charge in [-0.15, -0.1) is 0 Å². The number of hydrogen-bond acceptors (Lipinski definition) is 4. The molecule has 1 aromatic heterocycles. The molecule has 1 aromatic rings. The fourth-order valence-corrected chi connectivity index (χ4v) is 2.20. The van der Waals surface area contributed by atoms with Gasteiger partial charge < -0.3 is 10.2 Å². The minimum absolute atomic E-state index is 0.0139. The second-order valence-electron chi connectivity index (χ2n) is 5.35. The average Bonchev–Trinajstić information content (AvgIpc) is 3.18. The van der Waals surface area contributed by atoms with Gasteiger partial charge in [0.25, 0.3) is 5.56 Å². The zero-order valence-corrected chi connectivity index (χ0v) is 12.4. The zero-order chi connectivity index (χ0) is 14.0. The van der Waals surface area contributed by atoms with Crippen molar-refractivity contribution in [3.05, 3.63) is 21.6 Å². The Kier molecular flexibility index (Phi) is 4.47. The third kappa shape index (κ3) is 3.48. The van der Waals surface area contributed by atoms with Crippen LogP contribution in [0.2, 0.25) is 5.02 Å². The molecule has 6 heteroatoms. The molecule has 0 amide bonds. The predicted molar refractivity (Wildman–Crippen MR) is 78.0 cm³/mol. The Morgan fingerprint density at radius 1 is 1.58 bits per heavy atom. The highest BCUT2D eigenvalue weighted by atomic mass is 35.5. The largest absolute Gasteiger partial charge is 0.381 e. The van der Waals surface area contributed by atoms with Crippen LogP contribution in [0.4, 0.5) is 5.69 Å². The molecule has 0 bridgehead atoms. The van der Waals surface area contributed by atoms with Crippen LogP contribution in [0.3, 0.4) is 0 Å². The van der Waals surface area contributed by atoms with Gasteiger partial charge in [0.05, 0.1) is 17.9 Å². The van der Waals surface area contributed by atoms with Crippen LogP contribution in [0.25, 0.3) is 0 Å². The number of aromatic nitrogens is 2. The van der Waals surface area contributed by atoms with E-state index in [2.05, 4.69) is 22.4 Å². The molecule has 1 fully saturated rings. The summed E-state index contributed by atoms with van der Waals surface area (Å²) in [6, 6.07) is 0.754. The summed E-state index contributed by atoms with van der Waals surface area (Å²) in [5.74, 6) is 0. The first-order valence-electron chi connectivity index (χ1n) is 6.72. The molecule has 0 unspecified atom stereocenters. The normalized spacial score (nSPS) is 15.3. The summed E-state index contributed by atoms with van der Waals surface area (Å²) in [6.45, 7) is 5.51. The fraction of sp³-hybridized carbons (Fsp3) is 0.692. The molecule has 1 aliphatic rings. The third-order valence-electron chi connectivity index (χ3n) is 3.38. The molecule has 1 saturated carbocycles. The Morgan fingerprint density at radius 3 is 2.84 bits per heavy atom. The van der Waals surface area contributed by atoms with Crippen LogP contribution in [-0.2, 0) is 0 Å². The molecule has 0 radical (unpaired) electrons. The number of likely N-dealkylation sites (N-methyl/N-ethyl adjacent to an activating group) is 1. The van der Waals surface area contributed by atoms with E-state index in [0.717, 1.165) is 19.1 Å². The summed E-state index contributed by atoms with van der Waals surface area (Å²) < 4.78 is 1.39. The predicted octanol–water partition coefficient (Wildman–Crippen LogP) is 1.98. The third-order valence-corrected chi connectivity index (χ3v) is 3.75. The lowest BCUT2D eigenvalue weighted by Crippen LogP contribution is -2.29. The summed E-state index contributed by atoms with van der Waals surface area (Å²) in [5, 5.41) is 7.53. The Bertz CT molecular complexity index is 496. The van der Waals surface area contributed by atoms with E-state index in [-0.39, 0.29) is 16.6 Å². The van der Waals surface area contributed by atoms with E-state index in [1.54, 1.807) is 6.20 Å². The SMILES string of the molecule is CC(C)n1ncc(NCCN(C)C2CC2)c(Cl)c1=O. The lowest BCUT2D eigenvalue weighted by atomic mass is 10.4. The minimum Gasteiger partial charge on any atom is -0.381 e. The van der Waals surface area contributed by atoms with Crippen LogP contribution >= 0.6 is 11.6 Å². The number of nitrogens with one attached hydrogen (secondary N) is 1. The van der Waals surface area contributed by atoms with Gasteiger partial charge in [0.15, 0.2) is 0 Å². The van der Waals surface area contributed by atoms with E-state index in [9.17, 15) is 4.79 Å². The molecule has 1 N–H and O–H groups in total. The van der Waals surface area contributed by atoms with E-state index in [1.807, 2.05) is 13.8 Å². The van der Waals surface area contributed by atoms with Crippen LogP contribution in [0.5, 0.6) is 0 Å². The monoisotopic (exact) mass is 284 g/mol. The topological polar surface area (TPSA) is 50.2 Å². The van der Waals surface area contributed by atoms with E-state index >= 15 is 0 Å². The maximum atomic E-state index is 12.0. The first kappa shape index (κ1) is 14.3. The second-order valence-corrected chi connectivity index (χ2v) is 5.73. The quantitative estimate of drug-likeness (QED) is 0.868. The first-order chi connectivity index (χ1) is 9.00. The highest BCUT2D eigenvalue weighted by molar-refractivity contribution is 6.32.